The number of para-hydroxylation sites is 1. The molecule has 1 saturated heterocycles. The predicted octanol–water partition coefficient (Wildman–Crippen LogP) is 2.37. The number of hydrogen-bond donors (Lipinski definition) is 0. The summed E-state index contributed by atoms with van der Waals surface area (Å²) in [6, 6.07) is 5.35. The predicted molar refractivity (Wildman–Crippen MR) is 75.5 cm³/mol. The zero-order valence-electron chi connectivity index (χ0n) is 11.6. The lowest BCUT2D eigenvalue weighted by Gasteiger charge is -2.31. The average molecular weight is 288 g/mol. The normalized spacial score (nSPS) is 18.0. The fourth-order valence-corrected chi connectivity index (χ4v) is 2.67. The lowest BCUT2D eigenvalue weighted by Crippen LogP contribution is -2.39. The molecular formula is C14H16N4O3. The van der Waals surface area contributed by atoms with Gasteiger partial charge in [-0.15, -0.1) is 0 Å². The largest absolute Gasteiger partial charge is 0.486 e. The maximum Gasteiger partial charge on any atom is 0.257 e. The van der Waals surface area contributed by atoms with Crippen molar-refractivity contribution in [2.24, 2.45) is 5.11 Å². The highest BCUT2D eigenvalue weighted by Crippen LogP contribution is 2.34. The Labute approximate surface area is 122 Å². The van der Waals surface area contributed by atoms with Crippen molar-refractivity contribution >= 4 is 5.91 Å². The number of piperidine rings is 1. The van der Waals surface area contributed by atoms with Gasteiger partial charge in [-0.25, -0.2) is 0 Å². The molecule has 0 unspecified atom stereocenters. The zero-order valence-corrected chi connectivity index (χ0v) is 11.6. The number of likely N-dealkylation sites (tertiary alicyclic amines) is 1. The Bertz CT molecular complexity index is 590. The summed E-state index contributed by atoms with van der Waals surface area (Å²) in [6.07, 6.45) is 1.39. The Balaban J connectivity index is 1.76. The number of ether oxygens (including phenoxy) is 2. The molecule has 0 N–H and O–H groups in total. The highest BCUT2D eigenvalue weighted by molar-refractivity contribution is 5.98. The van der Waals surface area contributed by atoms with Crippen molar-refractivity contribution in [2.45, 2.75) is 18.9 Å². The highest BCUT2D eigenvalue weighted by Gasteiger charge is 2.27. The van der Waals surface area contributed by atoms with Crippen LogP contribution in [0.25, 0.3) is 10.4 Å². The number of carbonyl (C=O) groups excluding carboxylic acids is 1. The molecule has 1 fully saturated rings. The molecule has 3 rings (SSSR count). The van der Waals surface area contributed by atoms with Gasteiger partial charge in [-0.3, -0.25) is 4.79 Å². The molecule has 0 aromatic heterocycles. The van der Waals surface area contributed by atoms with Crippen molar-refractivity contribution in [1.29, 1.82) is 0 Å². The van der Waals surface area contributed by atoms with E-state index in [0.717, 1.165) is 0 Å². The van der Waals surface area contributed by atoms with Gasteiger partial charge in [0.15, 0.2) is 11.5 Å². The van der Waals surface area contributed by atoms with Crippen molar-refractivity contribution in [3.8, 4) is 11.5 Å². The van der Waals surface area contributed by atoms with Crippen LogP contribution >= 0.6 is 0 Å². The SMILES string of the molecule is [N-]=[N+]=NC1CCN(C(=O)c2cccc3c2OCCO3)CC1. The van der Waals surface area contributed by atoms with Crippen LogP contribution < -0.4 is 9.47 Å². The van der Waals surface area contributed by atoms with E-state index >= 15 is 0 Å². The average Bonchev–Trinajstić information content (AvgIpc) is 2.55. The molecule has 7 nitrogen and oxygen atoms in total. The molecule has 0 bridgehead atoms. The first kappa shape index (κ1) is 13.6. The summed E-state index contributed by atoms with van der Waals surface area (Å²) in [4.78, 5) is 17.2. The van der Waals surface area contributed by atoms with Gasteiger partial charge < -0.3 is 14.4 Å². The van der Waals surface area contributed by atoms with Crippen molar-refractivity contribution in [3.63, 3.8) is 0 Å². The van der Waals surface area contributed by atoms with E-state index < -0.39 is 0 Å². The molecule has 0 atom stereocenters. The summed E-state index contributed by atoms with van der Waals surface area (Å²) in [6.45, 7) is 2.14. The molecule has 7 heteroatoms. The van der Waals surface area contributed by atoms with Crippen LogP contribution in [0.3, 0.4) is 0 Å². The van der Waals surface area contributed by atoms with Crippen molar-refractivity contribution in [3.05, 3.63) is 34.2 Å². The lowest BCUT2D eigenvalue weighted by molar-refractivity contribution is 0.0704. The van der Waals surface area contributed by atoms with Crippen LogP contribution in [0, 0.1) is 0 Å². The summed E-state index contributed by atoms with van der Waals surface area (Å²) >= 11 is 0. The smallest absolute Gasteiger partial charge is 0.257 e. The Morgan fingerprint density at radius 1 is 1.29 bits per heavy atom. The van der Waals surface area contributed by atoms with Crippen LogP contribution in [-0.4, -0.2) is 43.2 Å². The number of amides is 1. The van der Waals surface area contributed by atoms with Gasteiger partial charge in [0.25, 0.3) is 5.91 Å². The second kappa shape index (κ2) is 5.93. The summed E-state index contributed by atoms with van der Waals surface area (Å²) < 4.78 is 11.1. The second-order valence-electron chi connectivity index (χ2n) is 5.06. The van der Waals surface area contributed by atoms with E-state index in [1.807, 2.05) is 0 Å². The zero-order chi connectivity index (χ0) is 14.7. The first-order valence-corrected chi connectivity index (χ1v) is 7.01. The maximum atomic E-state index is 12.6. The molecule has 0 saturated carbocycles. The molecule has 0 radical (unpaired) electrons. The summed E-state index contributed by atoms with van der Waals surface area (Å²) in [5, 5.41) is 3.72. The first-order valence-electron chi connectivity index (χ1n) is 7.01. The summed E-state index contributed by atoms with van der Waals surface area (Å²) in [7, 11) is 0. The molecule has 1 amide bonds. The van der Waals surface area contributed by atoms with Crippen LogP contribution in [-0.2, 0) is 0 Å². The van der Waals surface area contributed by atoms with E-state index in [1.54, 1.807) is 23.1 Å². The topological polar surface area (TPSA) is 87.5 Å². The van der Waals surface area contributed by atoms with E-state index in [9.17, 15) is 4.79 Å². The van der Waals surface area contributed by atoms with Crippen LogP contribution in [0.15, 0.2) is 23.3 Å². The van der Waals surface area contributed by atoms with Gasteiger partial charge in [0.2, 0.25) is 0 Å². The van der Waals surface area contributed by atoms with Crippen LogP contribution in [0.2, 0.25) is 0 Å². The third kappa shape index (κ3) is 2.73. The summed E-state index contributed by atoms with van der Waals surface area (Å²) in [5.74, 6) is 1.10. The number of rotatable bonds is 2. The number of benzene rings is 1. The van der Waals surface area contributed by atoms with Gasteiger partial charge in [-0.1, -0.05) is 11.2 Å². The van der Waals surface area contributed by atoms with Crippen LogP contribution in [0.1, 0.15) is 23.2 Å². The molecule has 110 valence electrons. The van der Waals surface area contributed by atoms with Crippen molar-refractivity contribution < 1.29 is 14.3 Å². The second-order valence-corrected chi connectivity index (χ2v) is 5.06. The molecule has 0 aliphatic carbocycles. The Morgan fingerprint density at radius 3 is 2.81 bits per heavy atom. The third-order valence-electron chi connectivity index (χ3n) is 3.76. The van der Waals surface area contributed by atoms with E-state index in [2.05, 4.69) is 10.0 Å². The molecule has 2 aliphatic rings. The first-order chi connectivity index (χ1) is 10.3. The highest BCUT2D eigenvalue weighted by atomic mass is 16.6. The number of hydrogen-bond acceptors (Lipinski definition) is 4. The lowest BCUT2D eigenvalue weighted by atomic mass is 10.0. The molecule has 21 heavy (non-hydrogen) atoms. The fourth-order valence-electron chi connectivity index (χ4n) is 2.67. The number of fused-ring (bicyclic) bond motifs is 1. The van der Waals surface area contributed by atoms with Crippen molar-refractivity contribution in [1.82, 2.24) is 4.90 Å². The monoisotopic (exact) mass is 288 g/mol. The van der Waals surface area contributed by atoms with Crippen LogP contribution in [0.5, 0.6) is 11.5 Å². The van der Waals surface area contributed by atoms with Gasteiger partial charge in [0, 0.05) is 24.0 Å². The molecule has 1 aromatic carbocycles. The molecular weight excluding hydrogens is 272 g/mol. The van der Waals surface area contributed by atoms with Crippen LogP contribution in [0.4, 0.5) is 0 Å². The maximum absolute atomic E-state index is 12.6. The number of azide groups is 1. The Hall–Kier alpha value is -2.40. The molecule has 2 aliphatic heterocycles. The van der Waals surface area contributed by atoms with E-state index in [1.165, 1.54) is 0 Å². The van der Waals surface area contributed by atoms with Gasteiger partial charge in [-0.2, -0.15) is 0 Å². The van der Waals surface area contributed by atoms with E-state index in [4.69, 9.17) is 15.0 Å². The Morgan fingerprint density at radius 2 is 2.05 bits per heavy atom. The number of nitrogens with zero attached hydrogens (tertiary/aromatic N) is 4. The van der Waals surface area contributed by atoms with E-state index in [0.29, 0.717) is 56.2 Å². The summed E-state index contributed by atoms with van der Waals surface area (Å²) in [5.41, 5.74) is 8.99. The molecule has 2 heterocycles. The van der Waals surface area contributed by atoms with Gasteiger partial charge in [0.05, 0.1) is 5.56 Å². The van der Waals surface area contributed by atoms with Crippen molar-refractivity contribution in [2.75, 3.05) is 26.3 Å². The minimum atomic E-state index is -0.0586. The van der Waals surface area contributed by atoms with Gasteiger partial charge >= 0.3 is 0 Å². The van der Waals surface area contributed by atoms with Gasteiger partial charge in [0.1, 0.15) is 13.2 Å². The number of carbonyl (C=O) groups is 1. The molecule has 1 aromatic rings. The van der Waals surface area contributed by atoms with E-state index in [-0.39, 0.29) is 11.9 Å². The van der Waals surface area contributed by atoms with Gasteiger partial charge in [-0.05, 0) is 30.5 Å². The minimum Gasteiger partial charge on any atom is -0.486 e. The standard InChI is InChI=1S/C14H16N4O3/c15-17-16-10-4-6-18(7-5-10)14(19)11-2-1-3-12-13(11)21-9-8-20-12/h1-3,10H,4-9H2. The quantitative estimate of drug-likeness (QED) is 0.475. The fraction of sp³-hybridized carbons (Fsp3) is 0.500. The Kier molecular flexibility index (Phi) is 3.83. The molecule has 0 spiro atoms. The minimum absolute atomic E-state index is 0.0108. The third-order valence-corrected chi connectivity index (χ3v) is 3.76.